The van der Waals surface area contributed by atoms with Gasteiger partial charge in [-0.2, -0.15) is 0 Å². The molecule has 4 rings (SSSR count). The van der Waals surface area contributed by atoms with Crippen molar-refractivity contribution in [1.29, 1.82) is 0 Å². The fourth-order valence-electron chi connectivity index (χ4n) is 3.29. The normalized spacial score (nSPS) is 13.8. The topological polar surface area (TPSA) is 38.2 Å². The first-order chi connectivity index (χ1) is 12.2. The van der Waals surface area contributed by atoms with Gasteiger partial charge in [0.05, 0.1) is 12.1 Å². The Morgan fingerprint density at radius 1 is 1.12 bits per heavy atom. The second-order valence-corrected chi connectivity index (χ2v) is 6.31. The Balaban J connectivity index is 1.64. The summed E-state index contributed by atoms with van der Waals surface area (Å²) in [7, 11) is 0. The van der Waals surface area contributed by atoms with Crippen LogP contribution in [-0.2, 0) is 13.0 Å². The van der Waals surface area contributed by atoms with E-state index in [0.717, 1.165) is 55.0 Å². The van der Waals surface area contributed by atoms with Crippen molar-refractivity contribution in [2.45, 2.75) is 26.3 Å². The zero-order valence-electron chi connectivity index (χ0n) is 14.2. The number of ether oxygens (including phenoxy) is 1. The van der Waals surface area contributed by atoms with Gasteiger partial charge in [-0.3, -0.25) is 0 Å². The number of halogens is 1. The zero-order valence-corrected chi connectivity index (χ0v) is 14.2. The quantitative estimate of drug-likeness (QED) is 0.718. The van der Waals surface area contributed by atoms with Crippen LogP contribution in [-0.4, -0.2) is 23.1 Å². The van der Waals surface area contributed by atoms with E-state index in [1.54, 1.807) is 12.4 Å². The summed E-state index contributed by atoms with van der Waals surface area (Å²) in [4.78, 5) is 10.9. The lowest BCUT2D eigenvalue weighted by Crippen LogP contribution is -2.31. The zero-order chi connectivity index (χ0) is 17.2. The molecule has 0 unspecified atom stereocenters. The monoisotopic (exact) mass is 337 g/mol. The van der Waals surface area contributed by atoms with Crippen LogP contribution in [0.3, 0.4) is 0 Å². The molecule has 4 nitrogen and oxygen atoms in total. The second kappa shape index (κ2) is 6.67. The van der Waals surface area contributed by atoms with Crippen LogP contribution in [0.1, 0.15) is 24.5 Å². The van der Waals surface area contributed by atoms with Gasteiger partial charge in [0.1, 0.15) is 23.7 Å². The highest BCUT2D eigenvalue weighted by Gasteiger charge is 2.20. The van der Waals surface area contributed by atoms with Gasteiger partial charge in [0, 0.05) is 18.5 Å². The molecule has 0 saturated carbocycles. The molecule has 1 aromatic heterocycles. The molecule has 25 heavy (non-hydrogen) atoms. The Hall–Kier alpha value is -2.69. The van der Waals surface area contributed by atoms with Crippen LogP contribution in [0.25, 0.3) is 10.9 Å². The molecule has 1 aliphatic rings. The summed E-state index contributed by atoms with van der Waals surface area (Å²) < 4.78 is 19.4. The maximum atomic E-state index is 13.7. The van der Waals surface area contributed by atoms with Crippen molar-refractivity contribution in [3.63, 3.8) is 0 Å². The Morgan fingerprint density at radius 2 is 2.04 bits per heavy atom. The van der Waals surface area contributed by atoms with E-state index in [1.807, 2.05) is 6.07 Å². The summed E-state index contributed by atoms with van der Waals surface area (Å²) in [5.41, 5.74) is 3.34. The van der Waals surface area contributed by atoms with Crippen LogP contribution in [0.15, 0.2) is 42.7 Å². The molecule has 2 heterocycles. The van der Waals surface area contributed by atoms with Crippen LogP contribution in [0.4, 0.5) is 10.2 Å². The molecule has 0 aliphatic carbocycles. The molecule has 0 N–H and O–H groups in total. The third-order valence-electron chi connectivity index (χ3n) is 4.54. The number of anilines is 1. The van der Waals surface area contributed by atoms with E-state index in [-0.39, 0.29) is 5.82 Å². The van der Waals surface area contributed by atoms with E-state index >= 15 is 0 Å². The van der Waals surface area contributed by atoms with Gasteiger partial charge in [-0.05, 0) is 54.3 Å². The number of hydrogen-bond acceptors (Lipinski definition) is 4. The first-order valence-electron chi connectivity index (χ1n) is 8.64. The van der Waals surface area contributed by atoms with Crippen LogP contribution in [0.5, 0.6) is 5.75 Å². The van der Waals surface area contributed by atoms with E-state index in [0.29, 0.717) is 0 Å². The van der Waals surface area contributed by atoms with Gasteiger partial charge >= 0.3 is 0 Å². The fourth-order valence-corrected chi connectivity index (χ4v) is 3.29. The molecule has 0 spiro atoms. The summed E-state index contributed by atoms with van der Waals surface area (Å²) in [6.45, 7) is 4.44. The molecule has 0 saturated heterocycles. The molecule has 0 radical (unpaired) electrons. The second-order valence-electron chi connectivity index (χ2n) is 6.31. The van der Waals surface area contributed by atoms with Crippen LogP contribution in [0.2, 0.25) is 0 Å². The van der Waals surface area contributed by atoms with Gasteiger partial charge in [0.15, 0.2) is 0 Å². The fraction of sp³-hybridized carbons (Fsp3) is 0.300. The molecule has 0 fully saturated rings. The lowest BCUT2D eigenvalue weighted by molar-refractivity contribution is 0.317. The number of fused-ring (bicyclic) bond motifs is 2. The van der Waals surface area contributed by atoms with Crippen molar-refractivity contribution >= 4 is 16.7 Å². The summed E-state index contributed by atoms with van der Waals surface area (Å²) in [6, 6.07) is 10.9. The SMILES string of the molecule is CCCOc1ccc2c(c1)CCN(c1ncnc3ccc(F)cc13)C2. The van der Waals surface area contributed by atoms with Gasteiger partial charge in [-0.15, -0.1) is 0 Å². The third-order valence-corrected chi connectivity index (χ3v) is 4.54. The molecular formula is C20H20FN3O. The highest BCUT2D eigenvalue weighted by Crippen LogP contribution is 2.30. The summed E-state index contributed by atoms with van der Waals surface area (Å²) in [6.07, 6.45) is 3.47. The average molecular weight is 337 g/mol. The first kappa shape index (κ1) is 15.8. The predicted octanol–water partition coefficient (Wildman–Crippen LogP) is 4.12. The molecular weight excluding hydrogens is 317 g/mol. The Kier molecular flexibility index (Phi) is 4.22. The summed E-state index contributed by atoms with van der Waals surface area (Å²) >= 11 is 0. The number of nitrogens with zero attached hydrogens (tertiary/aromatic N) is 3. The first-order valence-corrected chi connectivity index (χ1v) is 8.64. The minimum atomic E-state index is -0.265. The molecule has 128 valence electrons. The highest BCUT2D eigenvalue weighted by atomic mass is 19.1. The molecule has 0 atom stereocenters. The van der Waals surface area contributed by atoms with Crippen molar-refractivity contribution in [2.75, 3.05) is 18.1 Å². The van der Waals surface area contributed by atoms with E-state index in [9.17, 15) is 4.39 Å². The summed E-state index contributed by atoms with van der Waals surface area (Å²) in [5, 5.41) is 0.758. The third kappa shape index (κ3) is 3.14. The van der Waals surface area contributed by atoms with E-state index < -0.39 is 0 Å². The molecule has 2 aromatic carbocycles. The van der Waals surface area contributed by atoms with Crippen molar-refractivity contribution in [2.24, 2.45) is 0 Å². The maximum absolute atomic E-state index is 13.7. The minimum Gasteiger partial charge on any atom is -0.494 e. The van der Waals surface area contributed by atoms with Gasteiger partial charge < -0.3 is 9.64 Å². The van der Waals surface area contributed by atoms with Crippen LogP contribution >= 0.6 is 0 Å². The minimum absolute atomic E-state index is 0.265. The standard InChI is InChI=1S/C20H20FN3O/c1-2-9-25-17-5-3-15-12-24(8-7-14(15)10-17)20-18-11-16(21)4-6-19(18)22-13-23-20/h3-6,10-11,13H,2,7-9,12H2,1H3. The number of benzene rings is 2. The predicted molar refractivity (Wildman–Crippen MR) is 96.5 cm³/mol. The summed E-state index contributed by atoms with van der Waals surface area (Å²) in [5.74, 6) is 1.46. The number of hydrogen-bond donors (Lipinski definition) is 0. The molecule has 0 amide bonds. The Labute approximate surface area is 146 Å². The smallest absolute Gasteiger partial charge is 0.140 e. The van der Waals surface area contributed by atoms with Crippen molar-refractivity contribution in [3.8, 4) is 5.75 Å². The van der Waals surface area contributed by atoms with E-state index in [4.69, 9.17) is 4.74 Å². The lowest BCUT2D eigenvalue weighted by Gasteiger charge is -2.30. The Bertz CT molecular complexity index is 913. The number of rotatable bonds is 4. The van der Waals surface area contributed by atoms with Gasteiger partial charge in [-0.1, -0.05) is 13.0 Å². The Morgan fingerprint density at radius 3 is 2.92 bits per heavy atom. The number of aromatic nitrogens is 2. The molecule has 1 aliphatic heterocycles. The van der Waals surface area contributed by atoms with E-state index in [1.165, 1.54) is 23.3 Å². The van der Waals surface area contributed by atoms with E-state index in [2.05, 4.69) is 33.9 Å². The largest absolute Gasteiger partial charge is 0.494 e. The van der Waals surface area contributed by atoms with Gasteiger partial charge in [-0.25, -0.2) is 14.4 Å². The van der Waals surface area contributed by atoms with Crippen molar-refractivity contribution in [1.82, 2.24) is 9.97 Å². The molecule has 5 heteroatoms. The lowest BCUT2D eigenvalue weighted by atomic mass is 9.99. The van der Waals surface area contributed by atoms with Crippen molar-refractivity contribution < 1.29 is 9.13 Å². The van der Waals surface area contributed by atoms with Crippen LogP contribution < -0.4 is 9.64 Å². The van der Waals surface area contributed by atoms with Crippen molar-refractivity contribution in [3.05, 3.63) is 59.7 Å². The average Bonchev–Trinajstić information content (AvgIpc) is 2.65. The maximum Gasteiger partial charge on any atom is 0.140 e. The molecule has 0 bridgehead atoms. The highest BCUT2D eigenvalue weighted by molar-refractivity contribution is 5.89. The van der Waals surface area contributed by atoms with Gasteiger partial charge in [0.2, 0.25) is 0 Å². The van der Waals surface area contributed by atoms with Crippen LogP contribution in [0, 0.1) is 5.82 Å². The van der Waals surface area contributed by atoms with Gasteiger partial charge in [0.25, 0.3) is 0 Å². The molecule has 3 aromatic rings.